The van der Waals surface area contributed by atoms with Crippen LogP contribution in [0.25, 0.3) is 27.4 Å². The third-order valence-corrected chi connectivity index (χ3v) is 4.24. The number of nitrogens with zero attached hydrogens (tertiary/aromatic N) is 5. The van der Waals surface area contributed by atoms with Crippen LogP contribution in [0.2, 0.25) is 0 Å². The molecule has 0 atom stereocenters. The number of hydrogen-bond acceptors (Lipinski definition) is 5. The van der Waals surface area contributed by atoms with Crippen LogP contribution in [0.15, 0.2) is 73.1 Å². The van der Waals surface area contributed by atoms with Crippen molar-refractivity contribution in [3.8, 4) is 28.6 Å². The number of carbonyl (C=O) groups is 1. The Hall–Kier alpha value is -4.23. The van der Waals surface area contributed by atoms with Gasteiger partial charge in [0.15, 0.2) is 5.69 Å². The van der Waals surface area contributed by atoms with E-state index in [1.165, 1.54) is 12.3 Å². The smallest absolute Gasteiger partial charge is 0.354 e. The van der Waals surface area contributed by atoms with E-state index in [1.54, 1.807) is 42.6 Å². The van der Waals surface area contributed by atoms with E-state index in [9.17, 15) is 4.79 Å². The van der Waals surface area contributed by atoms with Gasteiger partial charge in [-0.15, -0.1) is 29.8 Å². The molecule has 2 heterocycles. The van der Waals surface area contributed by atoms with E-state index >= 15 is 0 Å². The Bertz CT molecular complexity index is 1310. The number of rotatable bonds is 3. The molecule has 1 radical (unpaired) electrons. The molecule has 0 spiro atoms. The number of hydrogen-bond donors (Lipinski definition) is 1. The minimum absolute atomic E-state index is 0. The van der Waals surface area contributed by atoms with Gasteiger partial charge in [-0.3, -0.25) is 4.98 Å². The molecule has 0 fully saturated rings. The summed E-state index contributed by atoms with van der Waals surface area (Å²) in [5.74, 6) is -0.990. The zero-order valence-electron chi connectivity index (χ0n) is 17.4. The molecule has 4 aromatic rings. The maximum atomic E-state index is 10.1. The van der Waals surface area contributed by atoms with Crippen molar-refractivity contribution < 1.29 is 30.0 Å². The van der Waals surface area contributed by atoms with Gasteiger partial charge >= 0.3 is 5.97 Å². The van der Waals surface area contributed by atoms with E-state index < -0.39 is 5.97 Å². The molecule has 1 N–H and O–H groups in total. The first kappa shape index (κ1) is 25.0. The third-order valence-electron chi connectivity index (χ3n) is 4.24. The quantitative estimate of drug-likeness (QED) is 0.323. The van der Waals surface area contributed by atoms with Gasteiger partial charge in [0.1, 0.15) is 5.69 Å². The molecule has 33 heavy (non-hydrogen) atoms. The summed E-state index contributed by atoms with van der Waals surface area (Å²) >= 11 is 0. The third kappa shape index (κ3) is 6.62. The number of aromatic carboxylic acids is 1. The van der Waals surface area contributed by atoms with Gasteiger partial charge in [-0.25, -0.2) is 19.9 Å². The second kappa shape index (κ2) is 12.0. The van der Waals surface area contributed by atoms with Crippen LogP contribution in [0.4, 0.5) is 5.69 Å². The summed E-state index contributed by atoms with van der Waals surface area (Å²) in [5.41, 5.74) is 5.14. The number of benzene rings is 2. The Morgan fingerprint density at radius 3 is 2.36 bits per heavy atom. The summed E-state index contributed by atoms with van der Waals surface area (Å²) in [6.07, 6.45) is 3.15. The molecule has 8 heteroatoms. The summed E-state index contributed by atoms with van der Waals surface area (Å²) in [6.45, 7) is 8.92. The fourth-order valence-corrected chi connectivity index (χ4v) is 2.70. The van der Waals surface area contributed by atoms with Gasteiger partial charge in [0, 0.05) is 44.3 Å². The summed E-state index contributed by atoms with van der Waals surface area (Å²) in [7, 11) is 0. The van der Waals surface area contributed by atoms with Gasteiger partial charge in [-0.2, -0.15) is 0 Å². The van der Waals surface area contributed by atoms with Crippen LogP contribution in [-0.4, -0.2) is 26.0 Å². The molecule has 4 rings (SSSR count). The van der Waals surface area contributed by atoms with Crippen molar-refractivity contribution in [3.05, 3.63) is 107 Å². The van der Waals surface area contributed by atoms with Crippen LogP contribution >= 0.6 is 0 Å². The van der Waals surface area contributed by atoms with E-state index in [0.29, 0.717) is 16.9 Å². The normalized spacial score (nSPS) is 9.30. The Balaban J connectivity index is 0.000000326. The second-order valence-electron chi connectivity index (χ2n) is 6.49. The number of nitriles is 1. The SMILES string of the molecule is O=C(O)c1ccccn1.[C-]#[N+]c1ccc(-c2nc(C)cnc2-c2[c-]cc(C#N)cc2)cc1.[Ir]. The van der Waals surface area contributed by atoms with Crippen molar-refractivity contribution in [1.29, 1.82) is 5.26 Å². The second-order valence-corrected chi connectivity index (χ2v) is 6.49. The van der Waals surface area contributed by atoms with Gasteiger partial charge in [0.05, 0.1) is 18.0 Å². The van der Waals surface area contributed by atoms with Gasteiger partial charge in [-0.05, 0) is 30.2 Å². The van der Waals surface area contributed by atoms with Crippen molar-refractivity contribution in [2.45, 2.75) is 6.92 Å². The molecule has 0 aliphatic rings. The van der Waals surface area contributed by atoms with E-state index in [4.69, 9.17) is 16.9 Å². The van der Waals surface area contributed by atoms with Crippen molar-refractivity contribution in [3.63, 3.8) is 0 Å². The molecule has 0 saturated carbocycles. The summed E-state index contributed by atoms with van der Waals surface area (Å²) in [6, 6.07) is 22.4. The summed E-state index contributed by atoms with van der Waals surface area (Å²) in [4.78, 5) is 26.2. The monoisotopic (exact) mass is 611 g/mol. The first-order valence-electron chi connectivity index (χ1n) is 9.40. The van der Waals surface area contributed by atoms with Gasteiger partial charge in [0.25, 0.3) is 0 Å². The van der Waals surface area contributed by atoms with Crippen LogP contribution in [0.5, 0.6) is 0 Å². The van der Waals surface area contributed by atoms with Crippen LogP contribution < -0.4 is 0 Å². The van der Waals surface area contributed by atoms with Gasteiger partial charge < -0.3 is 10.1 Å². The van der Waals surface area contributed by atoms with E-state index in [1.807, 2.05) is 25.1 Å². The zero-order valence-corrected chi connectivity index (χ0v) is 19.7. The molecule has 7 nitrogen and oxygen atoms in total. The first-order chi connectivity index (χ1) is 15.5. The number of pyridine rings is 1. The minimum atomic E-state index is -0.990. The minimum Gasteiger partial charge on any atom is -0.477 e. The fraction of sp³-hybridized carbons (Fsp3) is 0.0400. The molecule has 0 aliphatic carbocycles. The van der Waals surface area contributed by atoms with Crippen LogP contribution in [0, 0.1) is 30.9 Å². The van der Waals surface area contributed by atoms with Gasteiger partial charge in [0.2, 0.25) is 0 Å². The maximum Gasteiger partial charge on any atom is 0.354 e. The molecule has 0 amide bonds. The molecular weight excluding hydrogens is 595 g/mol. The standard InChI is InChI=1S/C19H11N4.C6H5NO2.Ir/c1-13-12-22-18(15-5-3-14(11-20)4-6-15)19(23-13)16-7-9-17(21-2)10-8-16;8-6(9)5-3-1-2-4-7-5;/h3-5,7-10,12H,1H3;1-4H,(H,8,9);/q-1;;. The topological polar surface area (TPSA) is 104 Å². The molecule has 0 aliphatic heterocycles. The maximum absolute atomic E-state index is 10.1. The number of carboxylic acid groups (broad SMARTS) is 1. The van der Waals surface area contributed by atoms with Crippen LogP contribution in [0.3, 0.4) is 0 Å². The molecule has 2 aromatic carbocycles. The van der Waals surface area contributed by atoms with Crippen molar-refractivity contribution >= 4 is 11.7 Å². The Morgan fingerprint density at radius 2 is 1.85 bits per heavy atom. The largest absolute Gasteiger partial charge is 0.477 e. The Labute approximate surface area is 204 Å². The van der Waals surface area contributed by atoms with Crippen molar-refractivity contribution in [2.75, 3.05) is 0 Å². The first-order valence-corrected chi connectivity index (χ1v) is 9.40. The molecule has 2 aromatic heterocycles. The number of carboxylic acids is 1. The van der Waals surface area contributed by atoms with Gasteiger partial charge in [-0.1, -0.05) is 30.3 Å². The molecule has 0 saturated heterocycles. The molecular formula is C25H16IrN5O2-. The Morgan fingerprint density at radius 1 is 1.09 bits per heavy atom. The average molecular weight is 611 g/mol. The van der Waals surface area contributed by atoms with E-state index in [-0.39, 0.29) is 25.8 Å². The summed E-state index contributed by atoms with van der Waals surface area (Å²) < 4.78 is 0. The van der Waals surface area contributed by atoms with Crippen molar-refractivity contribution in [1.82, 2.24) is 15.0 Å². The van der Waals surface area contributed by atoms with E-state index in [2.05, 4.69) is 31.9 Å². The molecule has 0 bridgehead atoms. The van der Waals surface area contributed by atoms with Crippen LogP contribution in [-0.2, 0) is 20.1 Å². The van der Waals surface area contributed by atoms with E-state index in [0.717, 1.165) is 22.5 Å². The molecule has 163 valence electrons. The Kier molecular flexibility index (Phi) is 9.08. The molecule has 0 unspecified atom stereocenters. The van der Waals surface area contributed by atoms with Crippen LogP contribution in [0.1, 0.15) is 21.7 Å². The average Bonchev–Trinajstić information content (AvgIpc) is 2.85. The zero-order chi connectivity index (χ0) is 22.9. The summed E-state index contributed by atoms with van der Waals surface area (Å²) in [5, 5.41) is 17.2. The fourth-order valence-electron chi connectivity index (χ4n) is 2.70. The number of aryl methyl sites for hydroxylation is 1. The predicted octanol–water partition coefficient (Wildman–Crippen LogP) is 5.12. The number of aromatic nitrogens is 3. The van der Waals surface area contributed by atoms with Crippen molar-refractivity contribution in [2.24, 2.45) is 0 Å². The predicted molar refractivity (Wildman–Crippen MR) is 119 cm³/mol.